The maximum atomic E-state index is 12.3. The Kier molecular flexibility index (Phi) is 8.19. The Morgan fingerprint density at radius 1 is 0.816 bits per heavy atom. The summed E-state index contributed by atoms with van der Waals surface area (Å²) in [6.45, 7) is 11.1. The summed E-state index contributed by atoms with van der Waals surface area (Å²) < 4.78 is 5.54. The minimum absolute atomic E-state index is 0.374. The van der Waals surface area contributed by atoms with Gasteiger partial charge in [-0.2, -0.15) is 15.0 Å². The number of rotatable bonds is 6. The van der Waals surface area contributed by atoms with Crippen LogP contribution in [-0.4, -0.2) is 94.4 Å². The van der Waals surface area contributed by atoms with E-state index >= 15 is 0 Å². The van der Waals surface area contributed by atoms with Crippen molar-refractivity contribution in [1.29, 1.82) is 0 Å². The zero-order chi connectivity index (χ0) is 26.3. The summed E-state index contributed by atoms with van der Waals surface area (Å²) in [6.07, 6.45) is 5.53. The van der Waals surface area contributed by atoms with E-state index < -0.39 is 0 Å². The standard InChI is InChI=1S/C26H34N10O2/c1-19(2)34-8-3-9-35(11-10-34)24-31-23(32-25(33-24)36-12-14-38-15-13-36)20-4-6-21(7-5-20)29-26(37)30-22-16-27-18-28-17-22/h4-7,16-19H,3,8-15H2,1-2H3,(H2,29,30,37). The van der Waals surface area contributed by atoms with Crippen molar-refractivity contribution in [2.75, 3.05) is 72.9 Å². The lowest BCUT2D eigenvalue weighted by Crippen LogP contribution is -2.38. The molecule has 12 nitrogen and oxygen atoms in total. The predicted octanol–water partition coefficient (Wildman–Crippen LogP) is 2.73. The van der Waals surface area contributed by atoms with Gasteiger partial charge in [0.2, 0.25) is 11.9 Å². The van der Waals surface area contributed by atoms with Crippen LogP contribution in [0.2, 0.25) is 0 Å². The van der Waals surface area contributed by atoms with Gasteiger partial charge in [0.1, 0.15) is 6.33 Å². The summed E-state index contributed by atoms with van der Waals surface area (Å²) >= 11 is 0. The summed E-state index contributed by atoms with van der Waals surface area (Å²) in [5.41, 5.74) is 2.01. The van der Waals surface area contributed by atoms with E-state index in [1.54, 1.807) is 0 Å². The molecule has 38 heavy (non-hydrogen) atoms. The Morgan fingerprint density at radius 2 is 1.47 bits per heavy atom. The van der Waals surface area contributed by atoms with Crippen molar-refractivity contribution in [3.8, 4) is 11.4 Å². The minimum Gasteiger partial charge on any atom is -0.378 e. The molecule has 2 amide bonds. The molecular weight excluding hydrogens is 484 g/mol. The summed E-state index contributed by atoms with van der Waals surface area (Å²) in [4.78, 5) is 41.7. The van der Waals surface area contributed by atoms with E-state index in [2.05, 4.69) is 49.1 Å². The fourth-order valence-corrected chi connectivity index (χ4v) is 4.54. The number of benzene rings is 1. The normalized spacial score (nSPS) is 16.8. The van der Waals surface area contributed by atoms with Gasteiger partial charge in [-0.15, -0.1) is 0 Å². The molecule has 2 fully saturated rings. The Balaban J connectivity index is 1.36. The molecule has 2 saturated heterocycles. The van der Waals surface area contributed by atoms with Gasteiger partial charge in [-0.3, -0.25) is 4.90 Å². The quantitative estimate of drug-likeness (QED) is 0.503. The largest absolute Gasteiger partial charge is 0.378 e. The maximum Gasteiger partial charge on any atom is 0.323 e. The molecule has 4 heterocycles. The van der Waals surface area contributed by atoms with Gasteiger partial charge < -0.3 is 25.2 Å². The van der Waals surface area contributed by atoms with Crippen molar-refractivity contribution in [1.82, 2.24) is 29.8 Å². The van der Waals surface area contributed by atoms with Gasteiger partial charge in [0.25, 0.3) is 0 Å². The first kappa shape index (κ1) is 25.7. The number of aromatic nitrogens is 5. The molecule has 2 aliphatic rings. The van der Waals surface area contributed by atoms with Crippen LogP contribution < -0.4 is 20.4 Å². The van der Waals surface area contributed by atoms with Crippen molar-refractivity contribution in [2.45, 2.75) is 26.3 Å². The molecule has 0 unspecified atom stereocenters. The molecule has 0 aliphatic carbocycles. The Bertz CT molecular complexity index is 1200. The van der Waals surface area contributed by atoms with Crippen LogP contribution in [0.5, 0.6) is 0 Å². The number of carbonyl (C=O) groups excluding carboxylic acids is 1. The van der Waals surface area contributed by atoms with Crippen molar-refractivity contribution < 1.29 is 9.53 Å². The average molecular weight is 519 g/mol. The predicted molar refractivity (Wildman–Crippen MR) is 147 cm³/mol. The van der Waals surface area contributed by atoms with Gasteiger partial charge in [0, 0.05) is 56.6 Å². The maximum absolute atomic E-state index is 12.3. The number of ether oxygens (including phenoxy) is 1. The zero-order valence-corrected chi connectivity index (χ0v) is 21.9. The van der Waals surface area contributed by atoms with Gasteiger partial charge in [0.15, 0.2) is 5.82 Å². The molecule has 2 N–H and O–H groups in total. The molecule has 0 saturated carbocycles. The fourth-order valence-electron chi connectivity index (χ4n) is 4.54. The highest BCUT2D eigenvalue weighted by atomic mass is 16.5. The first-order valence-electron chi connectivity index (χ1n) is 13.1. The van der Waals surface area contributed by atoms with Crippen LogP contribution in [0.3, 0.4) is 0 Å². The van der Waals surface area contributed by atoms with E-state index in [-0.39, 0.29) is 6.03 Å². The third-order valence-corrected chi connectivity index (χ3v) is 6.67. The monoisotopic (exact) mass is 518 g/mol. The van der Waals surface area contributed by atoms with Crippen molar-refractivity contribution >= 4 is 29.3 Å². The van der Waals surface area contributed by atoms with Gasteiger partial charge in [-0.1, -0.05) is 0 Å². The first-order chi connectivity index (χ1) is 18.5. The highest BCUT2D eigenvalue weighted by Crippen LogP contribution is 2.24. The van der Waals surface area contributed by atoms with Crippen LogP contribution in [0.4, 0.5) is 28.1 Å². The number of carbonyl (C=O) groups is 1. The second-order valence-corrected chi connectivity index (χ2v) is 9.61. The topological polar surface area (TPSA) is 125 Å². The molecular formula is C26H34N10O2. The van der Waals surface area contributed by atoms with Crippen LogP contribution >= 0.6 is 0 Å². The highest BCUT2D eigenvalue weighted by molar-refractivity contribution is 5.99. The van der Waals surface area contributed by atoms with Gasteiger partial charge in [-0.05, 0) is 44.5 Å². The average Bonchev–Trinajstić information content (AvgIpc) is 3.21. The van der Waals surface area contributed by atoms with E-state index in [1.165, 1.54) is 18.7 Å². The fraction of sp³-hybridized carbons (Fsp3) is 0.462. The smallest absolute Gasteiger partial charge is 0.323 e. The first-order valence-corrected chi connectivity index (χ1v) is 13.1. The minimum atomic E-state index is -0.374. The van der Waals surface area contributed by atoms with E-state index in [9.17, 15) is 4.79 Å². The van der Waals surface area contributed by atoms with Gasteiger partial charge in [-0.25, -0.2) is 14.8 Å². The highest BCUT2D eigenvalue weighted by Gasteiger charge is 2.23. The molecule has 3 aromatic rings. The van der Waals surface area contributed by atoms with Crippen LogP contribution in [0.1, 0.15) is 20.3 Å². The number of hydrogen-bond donors (Lipinski definition) is 2. The van der Waals surface area contributed by atoms with E-state index in [0.29, 0.717) is 48.4 Å². The van der Waals surface area contributed by atoms with Crippen LogP contribution in [-0.2, 0) is 4.74 Å². The lowest BCUT2D eigenvalue weighted by molar-refractivity contribution is 0.122. The molecule has 200 valence electrons. The molecule has 0 atom stereocenters. The molecule has 1 aromatic carbocycles. The second-order valence-electron chi connectivity index (χ2n) is 9.61. The number of nitrogens with one attached hydrogen (secondary N) is 2. The summed E-state index contributed by atoms with van der Waals surface area (Å²) in [5, 5.41) is 5.53. The number of amides is 2. The molecule has 2 aromatic heterocycles. The molecule has 0 bridgehead atoms. The van der Waals surface area contributed by atoms with Crippen LogP contribution in [0, 0.1) is 0 Å². The number of morpholine rings is 1. The van der Waals surface area contributed by atoms with Gasteiger partial charge in [0.05, 0.1) is 31.3 Å². The van der Waals surface area contributed by atoms with E-state index in [1.807, 2.05) is 24.3 Å². The molecule has 0 radical (unpaired) electrons. The number of urea groups is 1. The van der Waals surface area contributed by atoms with E-state index in [0.717, 1.165) is 51.3 Å². The molecule has 5 rings (SSSR count). The third-order valence-electron chi connectivity index (χ3n) is 6.67. The van der Waals surface area contributed by atoms with E-state index in [4.69, 9.17) is 19.7 Å². The van der Waals surface area contributed by atoms with Crippen molar-refractivity contribution in [2.24, 2.45) is 0 Å². The van der Waals surface area contributed by atoms with Crippen molar-refractivity contribution in [3.05, 3.63) is 43.0 Å². The molecule has 0 spiro atoms. The summed E-state index contributed by atoms with van der Waals surface area (Å²) in [5.74, 6) is 1.98. The Hall–Kier alpha value is -3.90. The zero-order valence-electron chi connectivity index (χ0n) is 21.9. The van der Waals surface area contributed by atoms with Crippen molar-refractivity contribution in [3.63, 3.8) is 0 Å². The summed E-state index contributed by atoms with van der Waals surface area (Å²) in [7, 11) is 0. The number of anilines is 4. The SMILES string of the molecule is CC(C)N1CCCN(c2nc(-c3ccc(NC(=O)Nc4cncnc4)cc3)nc(N3CCOCC3)n2)CC1. The van der Waals surface area contributed by atoms with Crippen LogP contribution in [0.25, 0.3) is 11.4 Å². The number of hydrogen-bond acceptors (Lipinski definition) is 10. The Morgan fingerprint density at radius 3 is 2.16 bits per heavy atom. The van der Waals surface area contributed by atoms with Gasteiger partial charge >= 0.3 is 6.03 Å². The summed E-state index contributed by atoms with van der Waals surface area (Å²) in [6, 6.07) is 7.63. The molecule has 2 aliphatic heterocycles. The second kappa shape index (κ2) is 12.1. The number of nitrogens with zero attached hydrogens (tertiary/aromatic N) is 8. The molecule has 12 heteroatoms. The lowest BCUT2D eigenvalue weighted by atomic mass is 10.2. The Labute approximate surface area is 222 Å². The lowest BCUT2D eigenvalue weighted by Gasteiger charge is -2.28. The third kappa shape index (κ3) is 6.50. The van der Waals surface area contributed by atoms with Crippen LogP contribution in [0.15, 0.2) is 43.0 Å².